The van der Waals surface area contributed by atoms with Crippen LogP contribution in [0.15, 0.2) is 40.9 Å². The molecule has 5 heterocycles. The molecule has 0 saturated carbocycles. The fraction of sp³-hybridized carbons (Fsp3) is 0.474. The van der Waals surface area contributed by atoms with Gasteiger partial charge in [-0.1, -0.05) is 6.07 Å². The van der Waals surface area contributed by atoms with Crippen molar-refractivity contribution in [3.8, 4) is 5.95 Å². The summed E-state index contributed by atoms with van der Waals surface area (Å²) in [6, 6.07) is 9.64. The molecule has 3 aliphatic heterocycles. The van der Waals surface area contributed by atoms with Crippen molar-refractivity contribution in [2.24, 2.45) is 5.92 Å². The van der Waals surface area contributed by atoms with Gasteiger partial charge in [-0.05, 0) is 37.0 Å². The lowest BCUT2D eigenvalue weighted by molar-refractivity contribution is 0.0547. The van der Waals surface area contributed by atoms with E-state index in [1.807, 2.05) is 23.2 Å². The van der Waals surface area contributed by atoms with Gasteiger partial charge in [-0.15, -0.1) is 0 Å². The number of aromatic nitrogens is 1. The summed E-state index contributed by atoms with van der Waals surface area (Å²) in [5.41, 5.74) is 1.08. The molecule has 0 unspecified atom stereocenters. The standard InChI is InChI=1S/C19H23N3O3/c1-24-18-8-7-17(25-18)19(23)22-11-14-5-6-16(22)13-21(10-14)12-15-4-2-3-9-20-15/h2-4,7-9,14,16H,5-6,10-13H2,1H3/t14-,16+/m0/s1. The second-order valence-electron chi connectivity index (χ2n) is 6.89. The lowest BCUT2D eigenvalue weighted by atomic mass is 9.95. The van der Waals surface area contributed by atoms with Gasteiger partial charge >= 0.3 is 0 Å². The molecule has 2 aromatic rings. The Bertz CT molecular complexity index is 731. The Kier molecular flexibility index (Phi) is 4.44. The summed E-state index contributed by atoms with van der Waals surface area (Å²) in [5.74, 6) is 1.21. The van der Waals surface area contributed by atoms with E-state index >= 15 is 0 Å². The molecule has 2 aromatic heterocycles. The molecular weight excluding hydrogens is 318 g/mol. The molecule has 132 valence electrons. The fourth-order valence-corrected chi connectivity index (χ4v) is 3.96. The van der Waals surface area contributed by atoms with Gasteiger partial charge in [0.05, 0.1) is 12.8 Å². The lowest BCUT2D eigenvalue weighted by Crippen LogP contribution is -2.47. The smallest absolute Gasteiger partial charge is 0.290 e. The van der Waals surface area contributed by atoms with E-state index in [1.54, 1.807) is 12.1 Å². The van der Waals surface area contributed by atoms with Crippen LogP contribution in [0.2, 0.25) is 0 Å². The molecule has 25 heavy (non-hydrogen) atoms. The van der Waals surface area contributed by atoms with Crippen molar-refractivity contribution >= 4 is 5.91 Å². The maximum Gasteiger partial charge on any atom is 0.290 e. The molecule has 1 amide bonds. The van der Waals surface area contributed by atoms with E-state index in [9.17, 15) is 4.79 Å². The Morgan fingerprint density at radius 1 is 1.24 bits per heavy atom. The summed E-state index contributed by atoms with van der Waals surface area (Å²) in [7, 11) is 1.54. The molecule has 3 aliphatic rings. The zero-order valence-corrected chi connectivity index (χ0v) is 14.4. The predicted octanol–water partition coefficient (Wildman–Crippen LogP) is 2.42. The van der Waals surface area contributed by atoms with Crippen LogP contribution in [0.1, 0.15) is 29.1 Å². The van der Waals surface area contributed by atoms with Crippen LogP contribution in [0.25, 0.3) is 0 Å². The van der Waals surface area contributed by atoms with Gasteiger partial charge in [-0.3, -0.25) is 14.7 Å². The molecule has 3 fully saturated rings. The predicted molar refractivity (Wildman–Crippen MR) is 92.3 cm³/mol. The third-order valence-corrected chi connectivity index (χ3v) is 5.16. The molecule has 2 atom stereocenters. The monoisotopic (exact) mass is 341 g/mol. The number of piperidine rings is 1. The number of fused-ring (bicyclic) bond motifs is 4. The van der Waals surface area contributed by atoms with Crippen LogP contribution in [0.3, 0.4) is 0 Å². The molecule has 3 saturated heterocycles. The zero-order valence-electron chi connectivity index (χ0n) is 14.4. The second kappa shape index (κ2) is 6.88. The zero-order chi connectivity index (χ0) is 17.2. The summed E-state index contributed by atoms with van der Waals surface area (Å²) in [6.07, 6.45) is 4.06. The summed E-state index contributed by atoms with van der Waals surface area (Å²) in [6.45, 7) is 3.53. The number of carbonyl (C=O) groups is 1. The molecule has 0 aliphatic carbocycles. The van der Waals surface area contributed by atoms with Crippen molar-refractivity contribution in [1.82, 2.24) is 14.8 Å². The Morgan fingerprint density at radius 2 is 2.16 bits per heavy atom. The molecular formula is C19H23N3O3. The van der Waals surface area contributed by atoms with E-state index in [-0.39, 0.29) is 11.9 Å². The van der Waals surface area contributed by atoms with Crippen molar-refractivity contribution in [2.75, 3.05) is 26.7 Å². The highest BCUT2D eigenvalue weighted by Gasteiger charge is 2.38. The van der Waals surface area contributed by atoms with Gasteiger partial charge in [0.1, 0.15) is 0 Å². The molecule has 0 spiro atoms. The van der Waals surface area contributed by atoms with E-state index < -0.39 is 0 Å². The summed E-state index contributed by atoms with van der Waals surface area (Å²) >= 11 is 0. The molecule has 0 aromatic carbocycles. The first kappa shape index (κ1) is 16.1. The average molecular weight is 341 g/mol. The van der Waals surface area contributed by atoms with Gasteiger partial charge < -0.3 is 14.1 Å². The fourth-order valence-electron chi connectivity index (χ4n) is 3.96. The third kappa shape index (κ3) is 3.39. The van der Waals surface area contributed by atoms with Gasteiger partial charge in [0.25, 0.3) is 11.9 Å². The summed E-state index contributed by atoms with van der Waals surface area (Å²) < 4.78 is 10.5. The van der Waals surface area contributed by atoms with Crippen molar-refractivity contribution in [3.63, 3.8) is 0 Å². The number of hydrogen-bond acceptors (Lipinski definition) is 5. The van der Waals surface area contributed by atoms with Crippen LogP contribution in [-0.4, -0.2) is 53.5 Å². The van der Waals surface area contributed by atoms with Crippen molar-refractivity contribution in [3.05, 3.63) is 48.0 Å². The maximum atomic E-state index is 12.9. The van der Waals surface area contributed by atoms with E-state index in [0.29, 0.717) is 17.6 Å². The molecule has 5 rings (SSSR count). The molecule has 0 radical (unpaired) electrons. The number of nitrogens with zero attached hydrogens (tertiary/aromatic N) is 3. The minimum atomic E-state index is -0.0299. The number of carbonyl (C=O) groups excluding carboxylic acids is 1. The Labute approximate surface area is 147 Å². The Hall–Kier alpha value is -2.34. The van der Waals surface area contributed by atoms with Crippen molar-refractivity contribution in [1.29, 1.82) is 0 Å². The van der Waals surface area contributed by atoms with E-state index in [4.69, 9.17) is 9.15 Å². The van der Waals surface area contributed by atoms with Crippen LogP contribution in [0.4, 0.5) is 0 Å². The molecule has 6 nitrogen and oxygen atoms in total. The average Bonchev–Trinajstić information content (AvgIpc) is 2.96. The first-order valence-electron chi connectivity index (χ1n) is 8.80. The molecule has 6 heteroatoms. The van der Waals surface area contributed by atoms with Crippen molar-refractivity contribution < 1.29 is 13.9 Å². The Morgan fingerprint density at radius 3 is 2.92 bits per heavy atom. The van der Waals surface area contributed by atoms with Crippen LogP contribution >= 0.6 is 0 Å². The van der Waals surface area contributed by atoms with Gasteiger partial charge in [0.2, 0.25) is 0 Å². The van der Waals surface area contributed by atoms with Crippen molar-refractivity contribution in [2.45, 2.75) is 25.4 Å². The van der Waals surface area contributed by atoms with Gasteiger partial charge in [-0.25, -0.2) is 0 Å². The van der Waals surface area contributed by atoms with E-state index in [0.717, 1.165) is 38.3 Å². The van der Waals surface area contributed by atoms with Gasteiger partial charge in [0, 0.05) is 44.5 Å². The molecule has 0 N–H and O–H groups in total. The first-order valence-corrected chi connectivity index (χ1v) is 8.80. The summed E-state index contributed by atoms with van der Waals surface area (Å²) in [5, 5.41) is 0. The lowest BCUT2D eigenvalue weighted by Gasteiger charge is -2.35. The second-order valence-corrected chi connectivity index (χ2v) is 6.89. The van der Waals surface area contributed by atoms with Crippen LogP contribution in [0.5, 0.6) is 5.95 Å². The maximum absolute atomic E-state index is 12.9. The number of methoxy groups -OCH3 is 1. The Balaban J connectivity index is 1.48. The number of furan rings is 1. The van der Waals surface area contributed by atoms with Gasteiger partial charge in [0.15, 0.2) is 5.76 Å². The summed E-state index contributed by atoms with van der Waals surface area (Å²) in [4.78, 5) is 21.7. The SMILES string of the molecule is COc1ccc(C(=O)N2C[C@H]3CC[C@@H]2CN(Cc2ccccn2)C3)o1. The number of hydrogen-bond donors (Lipinski definition) is 0. The van der Waals surface area contributed by atoms with Gasteiger partial charge in [-0.2, -0.15) is 0 Å². The van der Waals surface area contributed by atoms with E-state index in [1.165, 1.54) is 13.5 Å². The van der Waals surface area contributed by atoms with Crippen LogP contribution in [0, 0.1) is 5.92 Å². The largest absolute Gasteiger partial charge is 0.468 e. The number of rotatable bonds is 4. The normalized spacial score (nSPS) is 23.5. The number of ether oxygens (including phenoxy) is 1. The minimum Gasteiger partial charge on any atom is -0.468 e. The highest BCUT2D eigenvalue weighted by Crippen LogP contribution is 2.30. The highest BCUT2D eigenvalue weighted by atomic mass is 16.6. The number of pyridine rings is 1. The van der Waals surface area contributed by atoms with E-state index in [2.05, 4.69) is 16.0 Å². The topological polar surface area (TPSA) is 58.8 Å². The highest BCUT2D eigenvalue weighted by molar-refractivity contribution is 5.92. The van der Waals surface area contributed by atoms with Crippen LogP contribution < -0.4 is 4.74 Å². The molecule has 2 bridgehead atoms. The third-order valence-electron chi connectivity index (χ3n) is 5.16. The quantitative estimate of drug-likeness (QED) is 0.855. The minimum absolute atomic E-state index is 0.0299. The number of amides is 1. The van der Waals surface area contributed by atoms with Crippen LogP contribution in [-0.2, 0) is 6.54 Å². The first-order chi connectivity index (χ1) is 12.2.